The lowest BCUT2D eigenvalue weighted by molar-refractivity contribution is 0.410. The van der Waals surface area contributed by atoms with Crippen molar-refractivity contribution in [2.24, 2.45) is 0 Å². The number of hydrogen-bond acceptors (Lipinski definition) is 2. The minimum atomic E-state index is -0.506. The van der Waals surface area contributed by atoms with E-state index in [-0.39, 0.29) is 5.82 Å². The summed E-state index contributed by atoms with van der Waals surface area (Å²) in [6.45, 7) is 0. The van der Waals surface area contributed by atoms with Crippen LogP contribution in [0.5, 0.6) is 5.75 Å². The van der Waals surface area contributed by atoms with Gasteiger partial charge in [0.2, 0.25) is 0 Å². The summed E-state index contributed by atoms with van der Waals surface area (Å²) in [4.78, 5) is 0. The summed E-state index contributed by atoms with van der Waals surface area (Å²) in [5, 5.41) is 9.05. The largest absolute Gasteiger partial charge is 0.497 e. The van der Waals surface area contributed by atoms with Crippen LogP contribution in [0, 0.1) is 17.1 Å². The van der Waals surface area contributed by atoms with Crippen LogP contribution in [0.25, 0.3) is 0 Å². The first kappa shape index (κ1) is 10.4. The molecule has 1 aliphatic carbocycles. The molecule has 0 heterocycles. The van der Waals surface area contributed by atoms with Crippen LogP contribution < -0.4 is 4.74 Å². The Morgan fingerprint density at radius 1 is 1.53 bits per heavy atom. The second-order valence-electron chi connectivity index (χ2n) is 3.66. The molecule has 0 spiro atoms. The topological polar surface area (TPSA) is 33.0 Å². The molecule has 2 nitrogen and oxygen atoms in total. The fraction of sp³-hybridized carbons (Fsp3) is 0.364. The van der Waals surface area contributed by atoms with Crippen LogP contribution in [-0.4, -0.2) is 7.11 Å². The third-order valence-corrected chi connectivity index (χ3v) is 3.52. The van der Waals surface area contributed by atoms with Crippen molar-refractivity contribution in [2.45, 2.75) is 18.3 Å². The lowest BCUT2D eigenvalue weighted by Gasteiger charge is -2.11. The van der Waals surface area contributed by atoms with E-state index in [0.717, 1.165) is 12.8 Å². The molecule has 1 fully saturated rings. The molecule has 1 aromatic rings. The van der Waals surface area contributed by atoms with Crippen molar-refractivity contribution < 1.29 is 9.13 Å². The minimum absolute atomic E-state index is 0.377. The van der Waals surface area contributed by atoms with Crippen molar-refractivity contribution in [1.82, 2.24) is 0 Å². The molecule has 0 aromatic heterocycles. The second kappa shape index (κ2) is 3.49. The fourth-order valence-electron chi connectivity index (χ4n) is 1.60. The Bertz CT molecular complexity index is 449. The van der Waals surface area contributed by atoms with E-state index in [1.54, 1.807) is 6.07 Å². The van der Waals surface area contributed by atoms with E-state index in [2.05, 4.69) is 22.0 Å². The number of nitrogens with zero attached hydrogens (tertiary/aromatic N) is 1. The van der Waals surface area contributed by atoms with Gasteiger partial charge in [0.15, 0.2) is 0 Å². The average Bonchev–Trinajstić information content (AvgIpc) is 3.02. The van der Waals surface area contributed by atoms with E-state index in [9.17, 15) is 4.39 Å². The Kier molecular flexibility index (Phi) is 2.43. The molecule has 4 heteroatoms. The molecule has 0 radical (unpaired) electrons. The first-order valence-corrected chi connectivity index (χ1v) is 5.37. The van der Waals surface area contributed by atoms with Crippen LogP contribution in [0.15, 0.2) is 16.6 Å². The zero-order valence-electron chi connectivity index (χ0n) is 8.18. The van der Waals surface area contributed by atoms with Gasteiger partial charge in [-0.2, -0.15) is 5.26 Å². The fourth-order valence-corrected chi connectivity index (χ4v) is 2.21. The van der Waals surface area contributed by atoms with Crippen molar-refractivity contribution in [3.63, 3.8) is 0 Å². The highest BCUT2D eigenvalue weighted by Crippen LogP contribution is 2.51. The number of methoxy groups -OCH3 is 1. The van der Waals surface area contributed by atoms with Crippen molar-refractivity contribution in [3.05, 3.63) is 28.0 Å². The van der Waals surface area contributed by atoms with Crippen LogP contribution in [0.4, 0.5) is 4.39 Å². The molecule has 15 heavy (non-hydrogen) atoms. The molecule has 0 bridgehead atoms. The summed E-state index contributed by atoms with van der Waals surface area (Å²) in [6, 6.07) is 5.27. The van der Waals surface area contributed by atoms with E-state index in [1.165, 1.54) is 13.2 Å². The maximum absolute atomic E-state index is 13.5. The van der Waals surface area contributed by atoms with Gasteiger partial charge in [-0.15, -0.1) is 0 Å². The smallest absolute Gasteiger partial charge is 0.141 e. The second-order valence-corrected chi connectivity index (χ2v) is 4.46. The molecule has 0 N–H and O–H groups in total. The van der Waals surface area contributed by atoms with E-state index in [0.29, 0.717) is 15.8 Å². The van der Waals surface area contributed by atoms with Gasteiger partial charge in [-0.05, 0) is 40.4 Å². The first-order valence-electron chi connectivity index (χ1n) is 4.58. The van der Waals surface area contributed by atoms with Crippen molar-refractivity contribution in [3.8, 4) is 11.8 Å². The molecular weight excluding hydrogens is 261 g/mol. The van der Waals surface area contributed by atoms with Gasteiger partial charge in [-0.1, -0.05) is 0 Å². The van der Waals surface area contributed by atoms with Crippen molar-refractivity contribution in [1.29, 1.82) is 5.26 Å². The summed E-state index contributed by atoms with van der Waals surface area (Å²) >= 11 is 3.18. The standard InChI is InChI=1S/C11H9BrFNO/c1-15-7-4-8(10(12)9(13)5-7)11(6-14)2-3-11/h4-5H,2-3H2,1H3. The molecule has 1 aliphatic rings. The molecule has 0 aliphatic heterocycles. The minimum Gasteiger partial charge on any atom is -0.497 e. The number of benzene rings is 1. The Morgan fingerprint density at radius 2 is 2.20 bits per heavy atom. The molecule has 2 rings (SSSR count). The van der Waals surface area contributed by atoms with Crippen LogP contribution in [0.3, 0.4) is 0 Å². The molecular formula is C11H9BrFNO. The van der Waals surface area contributed by atoms with Gasteiger partial charge in [-0.25, -0.2) is 4.39 Å². The van der Waals surface area contributed by atoms with Gasteiger partial charge in [0, 0.05) is 6.07 Å². The molecule has 0 amide bonds. The van der Waals surface area contributed by atoms with Gasteiger partial charge in [0.1, 0.15) is 11.6 Å². The Morgan fingerprint density at radius 3 is 2.67 bits per heavy atom. The lowest BCUT2D eigenvalue weighted by Crippen LogP contribution is -2.05. The molecule has 78 valence electrons. The summed E-state index contributed by atoms with van der Waals surface area (Å²) in [6.07, 6.45) is 1.57. The zero-order valence-corrected chi connectivity index (χ0v) is 9.77. The summed E-state index contributed by atoms with van der Waals surface area (Å²) in [7, 11) is 1.48. The van der Waals surface area contributed by atoms with Gasteiger partial charge in [0.05, 0.1) is 23.1 Å². The predicted molar refractivity (Wildman–Crippen MR) is 57.2 cm³/mol. The highest BCUT2D eigenvalue weighted by molar-refractivity contribution is 9.10. The van der Waals surface area contributed by atoms with Crippen molar-refractivity contribution >= 4 is 15.9 Å². The Balaban J connectivity index is 2.56. The normalized spacial score (nSPS) is 16.9. The first-order chi connectivity index (χ1) is 7.13. The van der Waals surface area contributed by atoms with Crippen LogP contribution in [0.2, 0.25) is 0 Å². The highest BCUT2D eigenvalue weighted by atomic mass is 79.9. The van der Waals surface area contributed by atoms with Gasteiger partial charge in [0.25, 0.3) is 0 Å². The third-order valence-electron chi connectivity index (χ3n) is 2.72. The summed E-state index contributed by atoms with van der Waals surface area (Å²) < 4.78 is 18.8. The van der Waals surface area contributed by atoms with E-state index < -0.39 is 5.41 Å². The maximum Gasteiger partial charge on any atom is 0.141 e. The number of hydrogen-bond donors (Lipinski definition) is 0. The average molecular weight is 270 g/mol. The molecule has 0 atom stereocenters. The summed E-state index contributed by atoms with van der Waals surface area (Å²) in [5.74, 6) is 0.0677. The number of rotatable bonds is 2. The number of ether oxygens (including phenoxy) is 1. The maximum atomic E-state index is 13.5. The van der Waals surface area contributed by atoms with E-state index in [1.807, 2.05) is 0 Å². The highest BCUT2D eigenvalue weighted by Gasteiger charge is 2.46. The monoisotopic (exact) mass is 269 g/mol. The Hall–Kier alpha value is -1.08. The number of nitriles is 1. The molecule has 1 aromatic carbocycles. The van der Waals surface area contributed by atoms with Crippen LogP contribution in [0.1, 0.15) is 18.4 Å². The van der Waals surface area contributed by atoms with Gasteiger partial charge < -0.3 is 4.74 Å². The SMILES string of the molecule is COc1cc(F)c(Br)c(C2(C#N)CC2)c1. The van der Waals surface area contributed by atoms with Crippen molar-refractivity contribution in [2.75, 3.05) is 7.11 Å². The van der Waals surface area contributed by atoms with Gasteiger partial charge >= 0.3 is 0 Å². The number of halogens is 2. The molecule has 0 unspecified atom stereocenters. The molecule has 0 saturated heterocycles. The van der Waals surface area contributed by atoms with E-state index in [4.69, 9.17) is 10.00 Å². The Labute approximate surface area is 95.8 Å². The van der Waals surface area contributed by atoms with Gasteiger partial charge in [-0.3, -0.25) is 0 Å². The third kappa shape index (κ3) is 1.61. The predicted octanol–water partition coefficient (Wildman–Crippen LogP) is 3.15. The van der Waals surface area contributed by atoms with Crippen LogP contribution in [-0.2, 0) is 5.41 Å². The summed E-state index contributed by atoms with van der Waals surface area (Å²) in [5.41, 5.74) is 0.190. The lowest BCUT2D eigenvalue weighted by atomic mass is 9.97. The van der Waals surface area contributed by atoms with Crippen LogP contribution >= 0.6 is 15.9 Å². The quantitative estimate of drug-likeness (QED) is 0.827. The van der Waals surface area contributed by atoms with E-state index >= 15 is 0 Å². The molecule has 1 saturated carbocycles. The zero-order chi connectivity index (χ0) is 11.1.